The number of aromatic nitrogens is 2. The molecule has 5 heteroatoms. The molecule has 0 aliphatic carbocycles. The number of anilines is 1. The molecular formula is C17H16N4O. The number of para-hydroxylation sites is 2. The summed E-state index contributed by atoms with van der Waals surface area (Å²) in [6.07, 6.45) is 1.54. The second-order valence-corrected chi connectivity index (χ2v) is 4.86. The molecule has 3 aromatic rings. The van der Waals surface area contributed by atoms with Crippen molar-refractivity contribution in [1.82, 2.24) is 9.78 Å². The van der Waals surface area contributed by atoms with Gasteiger partial charge in [0.1, 0.15) is 0 Å². The Balaban J connectivity index is 1.86. The van der Waals surface area contributed by atoms with Gasteiger partial charge in [0, 0.05) is 5.69 Å². The molecule has 0 saturated heterocycles. The zero-order valence-corrected chi connectivity index (χ0v) is 12.2. The SMILES string of the molecule is Cc1[nH]n(-c2ccccc2)c(=O)c1C=NNc1ccccc1. The molecule has 0 aliphatic rings. The zero-order valence-electron chi connectivity index (χ0n) is 12.2. The summed E-state index contributed by atoms with van der Waals surface area (Å²) in [7, 11) is 0. The molecule has 0 bridgehead atoms. The van der Waals surface area contributed by atoms with Gasteiger partial charge in [0.25, 0.3) is 5.56 Å². The van der Waals surface area contributed by atoms with Crippen molar-refractivity contribution in [2.24, 2.45) is 5.10 Å². The van der Waals surface area contributed by atoms with Crippen molar-refractivity contribution in [1.29, 1.82) is 0 Å². The van der Waals surface area contributed by atoms with Gasteiger partial charge < -0.3 is 0 Å². The Morgan fingerprint density at radius 2 is 1.68 bits per heavy atom. The van der Waals surface area contributed by atoms with Crippen LogP contribution in [0.5, 0.6) is 0 Å². The maximum Gasteiger partial charge on any atom is 0.280 e. The highest BCUT2D eigenvalue weighted by Gasteiger charge is 2.10. The lowest BCUT2D eigenvalue weighted by atomic mass is 10.3. The van der Waals surface area contributed by atoms with Crippen LogP contribution in [0.25, 0.3) is 5.69 Å². The molecule has 2 N–H and O–H groups in total. The van der Waals surface area contributed by atoms with Crippen LogP contribution in [0.15, 0.2) is 70.6 Å². The molecule has 2 aromatic carbocycles. The van der Waals surface area contributed by atoms with E-state index >= 15 is 0 Å². The average Bonchev–Trinajstić information content (AvgIpc) is 2.85. The topological polar surface area (TPSA) is 62.2 Å². The maximum absolute atomic E-state index is 12.4. The highest BCUT2D eigenvalue weighted by Crippen LogP contribution is 2.07. The molecule has 0 fully saturated rings. The molecule has 1 aromatic heterocycles. The fraction of sp³-hybridized carbons (Fsp3) is 0.0588. The van der Waals surface area contributed by atoms with Crippen LogP contribution in [0.3, 0.4) is 0 Å². The van der Waals surface area contributed by atoms with E-state index in [1.807, 2.05) is 67.6 Å². The highest BCUT2D eigenvalue weighted by molar-refractivity contribution is 5.81. The molecule has 3 rings (SSSR count). The van der Waals surface area contributed by atoms with Crippen molar-refractivity contribution in [2.45, 2.75) is 6.92 Å². The smallest absolute Gasteiger partial charge is 0.280 e. The third kappa shape index (κ3) is 2.83. The number of hydrazone groups is 1. The number of aromatic amines is 1. The van der Waals surface area contributed by atoms with E-state index in [-0.39, 0.29) is 5.56 Å². The van der Waals surface area contributed by atoms with E-state index in [9.17, 15) is 4.79 Å². The van der Waals surface area contributed by atoms with Gasteiger partial charge in [-0.2, -0.15) is 5.10 Å². The fourth-order valence-corrected chi connectivity index (χ4v) is 2.15. The summed E-state index contributed by atoms with van der Waals surface area (Å²) in [6.45, 7) is 1.85. The minimum absolute atomic E-state index is 0.123. The van der Waals surface area contributed by atoms with Gasteiger partial charge in [0.2, 0.25) is 0 Å². The van der Waals surface area contributed by atoms with Crippen molar-refractivity contribution < 1.29 is 0 Å². The Bertz CT molecular complexity index is 832. The minimum Gasteiger partial charge on any atom is -0.295 e. The van der Waals surface area contributed by atoms with Crippen molar-refractivity contribution >= 4 is 11.9 Å². The molecule has 22 heavy (non-hydrogen) atoms. The molecule has 0 aliphatic heterocycles. The Labute approximate surface area is 127 Å². The molecule has 0 spiro atoms. The molecule has 0 amide bonds. The minimum atomic E-state index is -0.123. The molecule has 5 nitrogen and oxygen atoms in total. The zero-order chi connectivity index (χ0) is 15.4. The van der Waals surface area contributed by atoms with Crippen molar-refractivity contribution in [3.05, 3.63) is 82.3 Å². The summed E-state index contributed by atoms with van der Waals surface area (Å²) in [6, 6.07) is 19.0. The van der Waals surface area contributed by atoms with Gasteiger partial charge in [-0.25, -0.2) is 4.68 Å². The number of hydrogen-bond acceptors (Lipinski definition) is 3. The summed E-state index contributed by atoms with van der Waals surface area (Å²) in [5.74, 6) is 0. The average molecular weight is 292 g/mol. The van der Waals surface area contributed by atoms with Crippen LogP contribution in [0, 0.1) is 6.92 Å². The number of rotatable bonds is 4. The molecule has 0 unspecified atom stereocenters. The van der Waals surface area contributed by atoms with Gasteiger partial charge >= 0.3 is 0 Å². The van der Waals surface area contributed by atoms with Crippen molar-refractivity contribution in [3.8, 4) is 5.69 Å². The van der Waals surface area contributed by atoms with Gasteiger partial charge in [-0.05, 0) is 31.2 Å². The molecule has 110 valence electrons. The second kappa shape index (κ2) is 6.13. The van der Waals surface area contributed by atoms with Crippen LogP contribution in [0.4, 0.5) is 5.69 Å². The third-order valence-corrected chi connectivity index (χ3v) is 3.29. The van der Waals surface area contributed by atoms with E-state index in [2.05, 4.69) is 15.6 Å². The van der Waals surface area contributed by atoms with Crippen LogP contribution in [-0.4, -0.2) is 16.0 Å². The quantitative estimate of drug-likeness (QED) is 0.573. The largest absolute Gasteiger partial charge is 0.295 e. The standard InChI is InChI=1S/C17H16N4O/c1-13-16(12-18-19-14-8-4-2-5-9-14)17(22)21(20-13)15-10-6-3-7-11-15/h2-12,19-20H,1H3. The van der Waals surface area contributed by atoms with Crippen LogP contribution >= 0.6 is 0 Å². The first-order valence-corrected chi connectivity index (χ1v) is 6.97. The molecule has 1 heterocycles. The van der Waals surface area contributed by atoms with Gasteiger partial charge in [-0.1, -0.05) is 36.4 Å². The normalized spacial score (nSPS) is 11.0. The predicted octanol–water partition coefficient (Wildman–Crippen LogP) is 2.92. The highest BCUT2D eigenvalue weighted by atomic mass is 16.1. The lowest BCUT2D eigenvalue weighted by Crippen LogP contribution is -2.17. The van der Waals surface area contributed by atoms with E-state index in [0.717, 1.165) is 17.1 Å². The molecule has 0 atom stereocenters. The van der Waals surface area contributed by atoms with E-state index in [0.29, 0.717) is 5.56 Å². The number of benzene rings is 2. The summed E-state index contributed by atoms with van der Waals surface area (Å²) < 4.78 is 1.51. The summed E-state index contributed by atoms with van der Waals surface area (Å²) in [5.41, 5.74) is 5.75. The van der Waals surface area contributed by atoms with E-state index < -0.39 is 0 Å². The maximum atomic E-state index is 12.4. The monoisotopic (exact) mass is 292 g/mol. The van der Waals surface area contributed by atoms with E-state index in [1.54, 1.807) is 6.21 Å². The van der Waals surface area contributed by atoms with Gasteiger partial charge in [0.15, 0.2) is 0 Å². The summed E-state index contributed by atoms with van der Waals surface area (Å²) in [5, 5.41) is 7.20. The van der Waals surface area contributed by atoms with Crippen LogP contribution in [-0.2, 0) is 0 Å². The number of nitrogens with zero attached hydrogens (tertiary/aromatic N) is 2. The number of nitrogens with one attached hydrogen (secondary N) is 2. The first-order chi connectivity index (χ1) is 10.8. The lowest BCUT2D eigenvalue weighted by molar-refractivity contribution is 0.835. The summed E-state index contributed by atoms with van der Waals surface area (Å²) >= 11 is 0. The molecular weight excluding hydrogens is 276 g/mol. The Kier molecular flexibility index (Phi) is 3.87. The number of hydrogen-bond donors (Lipinski definition) is 2. The number of aryl methyl sites for hydroxylation is 1. The lowest BCUT2D eigenvalue weighted by Gasteiger charge is -1.99. The van der Waals surface area contributed by atoms with E-state index in [4.69, 9.17) is 0 Å². The van der Waals surface area contributed by atoms with Crippen LogP contribution < -0.4 is 11.0 Å². The van der Waals surface area contributed by atoms with Crippen LogP contribution in [0.2, 0.25) is 0 Å². The Morgan fingerprint density at radius 3 is 2.36 bits per heavy atom. The molecule has 0 saturated carbocycles. The van der Waals surface area contributed by atoms with E-state index in [1.165, 1.54) is 4.68 Å². The third-order valence-electron chi connectivity index (χ3n) is 3.29. The van der Waals surface area contributed by atoms with Gasteiger partial charge in [-0.15, -0.1) is 0 Å². The molecule has 0 radical (unpaired) electrons. The first kappa shape index (κ1) is 13.9. The number of H-pyrrole nitrogens is 1. The fourth-order valence-electron chi connectivity index (χ4n) is 2.15. The Morgan fingerprint density at radius 1 is 1.05 bits per heavy atom. The van der Waals surface area contributed by atoms with Crippen LogP contribution in [0.1, 0.15) is 11.3 Å². The van der Waals surface area contributed by atoms with Crippen molar-refractivity contribution in [2.75, 3.05) is 5.43 Å². The predicted molar refractivity (Wildman–Crippen MR) is 88.8 cm³/mol. The summed E-state index contributed by atoms with van der Waals surface area (Å²) in [4.78, 5) is 12.4. The van der Waals surface area contributed by atoms with Crippen molar-refractivity contribution in [3.63, 3.8) is 0 Å². The second-order valence-electron chi connectivity index (χ2n) is 4.86. The van der Waals surface area contributed by atoms with Gasteiger partial charge in [-0.3, -0.25) is 15.3 Å². The Hall–Kier alpha value is -3.08. The van der Waals surface area contributed by atoms with Gasteiger partial charge in [0.05, 0.1) is 23.2 Å². The first-order valence-electron chi connectivity index (χ1n) is 6.97.